The highest BCUT2D eigenvalue weighted by Gasteiger charge is 1.59. The SMILES string of the molecule is c1cp[pH]n1. The van der Waals surface area contributed by atoms with E-state index in [1.165, 1.54) is 7.87 Å². The molecule has 0 spiro atoms. The van der Waals surface area contributed by atoms with Gasteiger partial charge in [-0.15, -0.1) is 0 Å². The molecule has 0 saturated heterocycles. The van der Waals surface area contributed by atoms with Gasteiger partial charge in [-0.3, -0.25) is 0 Å². The van der Waals surface area contributed by atoms with Crippen LogP contribution in [-0.4, -0.2) is 4.75 Å². The largest absolute Gasteiger partial charge is 0.244 e. The van der Waals surface area contributed by atoms with E-state index < -0.39 is 0 Å². The molecule has 1 aromatic rings. The van der Waals surface area contributed by atoms with Crippen LogP contribution in [0.25, 0.3) is 0 Å². The molecule has 26 valence electrons. The molecule has 5 heavy (non-hydrogen) atoms. The van der Waals surface area contributed by atoms with E-state index >= 15 is 0 Å². The van der Waals surface area contributed by atoms with Crippen molar-refractivity contribution in [1.82, 2.24) is 4.75 Å². The van der Waals surface area contributed by atoms with Crippen molar-refractivity contribution < 1.29 is 0 Å². The van der Waals surface area contributed by atoms with Crippen molar-refractivity contribution >= 4 is 15.9 Å². The summed E-state index contributed by atoms with van der Waals surface area (Å²) in [6.45, 7) is 0. The van der Waals surface area contributed by atoms with Gasteiger partial charge in [-0.2, -0.15) is 0 Å². The Morgan fingerprint density at radius 1 is 1.80 bits per heavy atom. The second-order valence-corrected chi connectivity index (χ2v) is 3.05. The zero-order valence-corrected chi connectivity index (χ0v) is 4.44. The lowest BCUT2D eigenvalue weighted by molar-refractivity contribution is 1.59. The summed E-state index contributed by atoms with van der Waals surface area (Å²) < 4.78 is 3.92. The molecule has 0 aromatic carbocycles. The van der Waals surface area contributed by atoms with Crippen molar-refractivity contribution in [1.29, 1.82) is 0 Å². The highest BCUT2D eigenvalue weighted by Crippen LogP contribution is 2.12. The van der Waals surface area contributed by atoms with E-state index in [4.69, 9.17) is 0 Å². The number of aromatic nitrogens is 1. The molecule has 0 saturated carbocycles. The second kappa shape index (κ2) is 1.55. The zero-order chi connectivity index (χ0) is 3.54. The number of hydrogen-bond acceptors (Lipinski definition) is 1. The lowest BCUT2D eigenvalue weighted by atomic mass is 11.1. The summed E-state index contributed by atoms with van der Waals surface area (Å²) in [5, 5.41) is 0. The first-order chi connectivity index (χ1) is 2.50. The fourth-order valence-electron chi connectivity index (χ4n) is 0.167. The van der Waals surface area contributed by atoms with Gasteiger partial charge >= 0.3 is 0 Å². The van der Waals surface area contributed by atoms with E-state index in [0.29, 0.717) is 0 Å². The topological polar surface area (TPSA) is 12.9 Å². The van der Waals surface area contributed by atoms with Crippen LogP contribution in [0.1, 0.15) is 0 Å². The molecule has 1 atom stereocenters. The maximum absolute atomic E-state index is 3.92. The average Bonchev–Trinajstić information content (AvgIpc) is 1.76. The minimum Gasteiger partial charge on any atom is -0.244 e. The van der Waals surface area contributed by atoms with Crippen molar-refractivity contribution in [2.24, 2.45) is 0 Å². The fraction of sp³-hybridized carbons (Fsp3) is 0. The minimum absolute atomic E-state index is 0.795. The smallest absolute Gasteiger partial charge is 0.0359 e. The third-order valence-electron chi connectivity index (χ3n) is 0.331. The summed E-state index contributed by atoms with van der Waals surface area (Å²) in [5.74, 6) is 2.05. The Balaban J connectivity index is 3.13. The first-order valence-electron chi connectivity index (χ1n) is 1.30. The predicted molar refractivity (Wildman–Crippen MR) is 26.3 cm³/mol. The van der Waals surface area contributed by atoms with Gasteiger partial charge in [-0.1, -0.05) is 0 Å². The predicted octanol–water partition coefficient (Wildman–Crippen LogP) is 1.69. The summed E-state index contributed by atoms with van der Waals surface area (Å²) in [7, 11) is 2.17. The Morgan fingerprint density at radius 2 is 2.80 bits per heavy atom. The summed E-state index contributed by atoms with van der Waals surface area (Å²) in [6, 6.07) is 0. The third kappa shape index (κ3) is 0.718. The molecule has 0 amide bonds. The van der Waals surface area contributed by atoms with E-state index in [9.17, 15) is 0 Å². The van der Waals surface area contributed by atoms with Crippen LogP contribution >= 0.6 is 15.9 Å². The molecule has 1 aromatic heterocycles. The van der Waals surface area contributed by atoms with E-state index in [1.54, 1.807) is 0 Å². The van der Waals surface area contributed by atoms with Gasteiger partial charge in [0.2, 0.25) is 0 Å². The second-order valence-electron chi connectivity index (χ2n) is 0.656. The van der Waals surface area contributed by atoms with Gasteiger partial charge in [-0.05, 0) is 21.7 Å². The van der Waals surface area contributed by atoms with Crippen LogP contribution < -0.4 is 0 Å². The lowest BCUT2D eigenvalue weighted by Gasteiger charge is -1.42. The molecule has 1 nitrogen and oxygen atoms in total. The Bertz CT molecular complexity index is 64.1. The molecule has 3 heteroatoms. The van der Waals surface area contributed by atoms with Gasteiger partial charge in [0.05, 0.1) is 0 Å². The van der Waals surface area contributed by atoms with Crippen molar-refractivity contribution in [2.45, 2.75) is 0 Å². The summed E-state index contributed by atoms with van der Waals surface area (Å²) in [6.07, 6.45) is 1.86. The number of rotatable bonds is 0. The molecule has 0 aliphatic carbocycles. The fourth-order valence-corrected chi connectivity index (χ4v) is 1.50. The quantitative estimate of drug-likeness (QED) is 0.486. The van der Waals surface area contributed by atoms with Gasteiger partial charge in [0.1, 0.15) is 0 Å². The Labute approximate surface area is 33.6 Å². The van der Waals surface area contributed by atoms with E-state index in [-0.39, 0.29) is 0 Å². The molecule has 0 N–H and O–H groups in total. The maximum atomic E-state index is 3.92. The van der Waals surface area contributed by atoms with Crippen molar-refractivity contribution in [3.05, 3.63) is 12.0 Å². The normalized spacial score (nSPS) is 11.2. The zero-order valence-electron chi connectivity index (χ0n) is 2.55. The van der Waals surface area contributed by atoms with Crippen LogP contribution in [0, 0.1) is 0 Å². The van der Waals surface area contributed by atoms with Crippen molar-refractivity contribution in [2.75, 3.05) is 0 Å². The average molecular weight is 103 g/mol. The van der Waals surface area contributed by atoms with Gasteiger partial charge in [-0.25, -0.2) is 4.75 Å². The first kappa shape index (κ1) is 3.33. The monoisotopic (exact) mass is 103 g/mol. The molecule has 0 aliphatic rings. The standard InChI is InChI=1S/C2H3NP2/c1-2-4-5-3-1/h1-2,5H. The highest BCUT2D eigenvalue weighted by molar-refractivity contribution is 7.88. The summed E-state index contributed by atoms with van der Waals surface area (Å²) in [4.78, 5) is 0. The molecular weight excluding hydrogens is 100.0 g/mol. The highest BCUT2D eigenvalue weighted by atomic mass is 31.8. The first-order valence-corrected chi connectivity index (χ1v) is 4.05. The van der Waals surface area contributed by atoms with Crippen molar-refractivity contribution in [3.63, 3.8) is 0 Å². The Hall–Kier alpha value is 0.140. The van der Waals surface area contributed by atoms with Gasteiger partial charge in [0.25, 0.3) is 0 Å². The van der Waals surface area contributed by atoms with E-state index in [0.717, 1.165) is 8.03 Å². The minimum atomic E-state index is 0.795. The van der Waals surface area contributed by atoms with E-state index in [2.05, 4.69) is 10.5 Å². The maximum Gasteiger partial charge on any atom is 0.0359 e. The van der Waals surface area contributed by atoms with Crippen LogP contribution in [0.4, 0.5) is 0 Å². The molecule has 0 bridgehead atoms. The summed E-state index contributed by atoms with van der Waals surface area (Å²) in [5.41, 5.74) is 0. The lowest BCUT2D eigenvalue weighted by Crippen LogP contribution is -1.30. The van der Waals surface area contributed by atoms with E-state index in [1.807, 2.05) is 6.20 Å². The van der Waals surface area contributed by atoms with Crippen LogP contribution in [0.15, 0.2) is 12.0 Å². The summed E-state index contributed by atoms with van der Waals surface area (Å²) >= 11 is 0. The molecular formula is C2H3NP2. The molecule has 0 fully saturated rings. The molecule has 0 aliphatic heterocycles. The third-order valence-corrected chi connectivity index (χ3v) is 2.13. The van der Waals surface area contributed by atoms with Crippen LogP contribution in [-0.2, 0) is 0 Å². The molecule has 1 unspecified atom stereocenters. The van der Waals surface area contributed by atoms with Gasteiger partial charge in [0.15, 0.2) is 0 Å². The Kier molecular flexibility index (Phi) is 1.03. The molecule has 1 heterocycles. The Morgan fingerprint density at radius 3 is 3.00 bits per heavy atom. The van der Waals surface area contributed by atoms with Crippen LogP contribution in [0.5, 0.6) is 0 Å². The van der Waals surface area contributed by atoms with Crippen LogP contribution in [0.3, 0.4) is 0 Å². The van der Waals surface area contributed by atoms with Crippen LogP contribution in [0.2, 0.25) is 0 Å². The van der Waals surface area contributed by atoms with Gasteiger partial charge < -0.3 is 0 Å². The van der Waals surface area contributed by atoms with Crippen molar-refractivity contribution in [3.8, 4) is 0 Å². The number of nitrogens with zero attached hydrogens (tertiary/aromatic N) is 1. The van der Waals surface area contributed by atoms with Gasteiger partial charge in [0, 0.05) is 6.20 Å². The molecule has 1 rings (SSSR count). The molecule has 0 radical (unpaired) electrons. The number of hydrogen-bond donors (Lipinski definition) is 0.